The molecule has 0 radical (unpaired) electrons. The Morgan fingerprint density at radius 3 is 2.53 bits per heavy atom. The van der Waals surface area contributed by atoms with Crippen LogP contribution < -0.4 is 10.6 Å². The molecule has 0 aliphatic carbocycles. The summed E-state index contributed by atoms with van der Waals surface area (Å²) in [6, 6.07) is 3.48. The van der Waals surface area contributed by atoms with Gasteiger partial charge in [-0.25, -0.2) is 8.78 Å². The van der Waals surface area contributed by atoms with E-state index in [9.17, 15) is 13.6 Å². The van der Waals surface area contributed by atoms with Crippen molar-refractivity contribution in [2.75, 3.05) is 11.9 Å². The summed E-state index contributed by atoms with van der Waals surface area (Å²) in [6.07, 6.45) is 0.450. The summed E-state index contributed by atoms with van der Waals surface area (Å²) in [5.74, 6) is -1.47. The van der Waals surface area contributed by atoms with E-state index in [1.807, 2.05) is 0 Å². The van der Waals surface area contributed by atoms with E-state index in [1.165, 1.54) is 6.07 Å². The summed E-state index contributed by atoms with van der Waals surface area (Å²) in [7, 11) is 0. The highest BCUT2D eigenvalue weighted by Gasteiger charge is 2.08. The van der Waals surface area contributed by atoms with Gasteiger partial charge in [-0.05, 0) is 12.1 Å². The molecule has 1 aromatic rings. The molecule has 0 spiro atoms. The largest absolute Gasteiger partial charge is 0.352 e. The standard InChI is InChI=1S/C9H8F2N2OS/c10-6-2-1-3-7(11)9(6)13-8(15)4-12-5-14/h1-3,5H,4H2,(H,12,14)(H,13,15). The van der Waals surface area contributed by atoms with Crippen molar-refractivity contribution in [3.63, 3.8) is 0 Å². The highest BCUT2D eigenvalue weighted by molar-refractivity contribution is 7.80. The molecule has 0 aliphatic heterocycles. The predicted octanol–water partition coefficient (Wildman–Crippen LogP) is 1.45. The van der Waals surface area contributed by atoms with Gasteiger partial charge in [0.15, 0.2) is 0 Å². The van der Waals surface area contributed by atoms with Gasteiger partial charge in [0, 0.05) is 0 Å². The van der Waals surface area contributed by atoms with Crippen LogP contribution in [-0.2, 0) is 4.79 Å². The Morgan fingerprint density at radius 2 is 2.00 bits per heavy atom. The lowest BCUT2D eigenvalue weighted by Crippen LogP contribution is -2.26. The average Bonchev–Trinajstić information content (AvgIpc) is 2.21. The van der Waals surface area contributed by atoms with E-state index in [0.29, 0.717) is 6.41 Å². The summed E-state index contributed by atoms with van der Waals surface area (Å²) < 4.78 is 26.2. The molecule has 1 aromatic carbocycles. The van der Waals surface area contributed by atoms with Crippen LogP contribution in [0.25, 0.3) is 0 Å². The molecule has 1 rings (SSSR count). The van der Waals surface area contributed by atoms with Crippen molar-refractivity contribution >= 4 is 29.3 Å². The number of carbonyl (C=O) groups excluding carboxylic acids is 1. The Morgan fingerprint density at radius 1 is 1.40 bits per heavy atom. The highest BCUT2D eigenvalue weighted by Crippen LogP contribution is 2.17. The number of thiocarbonyl (C=S) groups is 1. The van der Waals surface area contributed by atoms with E-state index >= 15 is 0 Å². The van der Waals surface area contributed by atoms with E-state index in [1.54, 1.807) is 0 Å². The smallest absolute Gasteiger partial charge is 0.207 e. The maximum Gasteiger partial charge on any atom is 0.207 e. The third kappa shape index (κ3) is 3.25. The van der Waals surface area contributed by atoms with Gasteiger partial charge in [0.2, 0.25) is 6.41 Å². The van der Waals surface area contributed by atoms with Gasteiger partial charge in [0.05, 0.1) is 11.5 Å². The molecule has 0 heterocycles. The number of amides is 1. The van der Waals surface area contributed by atoms with E-state index < -0.39 is 11.6 Å². The number of anilines is 1. The monoisotopic (exact) mass is 230 g/mol. The summed E-state index contributed by atoms with van der Waals surface area (Å²) >= 11 is 4.75. The van der Waals surface area contributed by atoms with Crippen LogP contribution in [0.4, 0.5) is 14.5 Å². The summed E-state index contributed by atoms with van der Waals surface area (Å²) in [4.78, 5) is 10.1. The van der Waals surface area contributed by atoms with Gasteiger partial charge in [-0.1, -0.05) is 18.3 Å². The first-order chi connectivity index (χ1) is 7.15. The number of carbonyl (C=O) groups is 1. The molecular weight excluding hydrogens is 222 g/mol. The number of hydrogen-bond donors (Lipinski definition) is 2. The minimum absolute atomic E-state index is 0.0343. The molecule has 80 valence electrons. The van der Waals surface area contributed by atoms with Gasteiger partial charge < -0.3 is 10.6 Å². The quantitative estimate of drug-likeness (QED) is 0.607. The number of benzene rings is 1. The zero-order valence-corrected chi connectivity index (χ0v) is 8.41. The van der Waals surface area contributed by atoms with E-state index in [4.69, 9.17) is 12.2 Å². The van der Waals surface area contributed by atoms with Crippen LogP contribution >= 0.6 is 12.2 Å². The molecule has 15 heavy (non-hydrogen) atoms. The van der Waals surface area contributed by atoms with Crippen molar-refractivity contribution in [2.45, 2.75) is 0 Å². The van der Waals surface area contributed by atoms with E-state index in [0.717, 1.165) is 12.1 Å². The first-order valence-corrected chi connectivity index (χ1v) is 4.47. The van der Waals surface area contributed by atoms with Gasteiger partial charge >= 0.3 is 0 Å². The minimum atomic E-state index is -0.733. The molecular formula is C9H8F2N2OS. The van der Waals surface area contributed by atoms with Crippen molar-refractivity contribution in [3.8, 4) is 0 Å². The Bertz CT molecular complexity index is 364. The lowest BCUT2D eigenvalue weighted by molar-refractivity contribution is -0.109. The van der Waals surface area contributed by atoms with Crippen LogP contribution in [0.2, 0.25) is 0 Å². The van der Waals surface area contributed by atoms with Crippen LogP contribution in [0.5, 0.6) is 0 Å². The van der Waals surface area contributed by atoms with Gasteiger partial charge in [-0.15, -0.1) is 0 Å². The first-order valence-electron chi connectivity index (χ1n) is 4.06. The van der Waals surface area contributed by atoms with Gasteiger partial charge in [0.25, 0.3) is 0 Å². The molecule has 0 fully saturated rings. The van der Waals surface area contributed by atoms with E-state index in [-0.39, 0.29) is 17.2 Å². The second-order valence-electron chi connectivity index (χ2n) is 2.64. The van der Waals surface area contributed by atoms with Crippen LogP contribution in [0, 0.1) is 11.6 Å². The fourth-order valence-corrected chi connectivity index (χ4v) is 1.12. The number of nitrogens with one attached hydrogen (secondary N) is 2. The van der Waals surface area contributed by atoms with Crippen LogP contribution in [0.3, 0.4) is 0 Å². The van der Waals surface area contributed by atoms with Gasteiger partial charge in [-0.2, -0.15) is 0 Å². The zero-order valence-electron chi connectivity index (χ0n) is 7.59. The molecule has 0 aliphatic rings. The minimum Gasteiger partial charge on any atom is -0.352 e. The molecule has 0 saturated heterocycles. The Balaban J connectivity index is 2.71. The topological polar surface area (TPSA) is 41.1 Å². The molecule has 2 N–H and O–H groups in total. The fraction of sp³-hybridized carbons (Fsp3) is 0.111. The SMILES string of the molecule is O=CNCC(=S)Nc1c(F)cccc1F. The maximum absolute atomic E-state index is 13.1. The van der Waals surface area contributed by atoms with E-state index in [2.05, 4.69) is 10.6 Å². The van der Waals surface area contributed by atoms with Crippen LogP contribution in [-0.4, -0.2) is 17.9 Å². The predicted molar refractivity (Wildman–Crippen MR) is 56.6 cm³/mol. The van der Waals surface area contributed by atoms with Crippen LogP contribution in [0.15, 0.2) is 18.2 Å². The fourth-order valence-electron chi connectivity index (χ4n) is 0.935. The van der Waals surface area contributed by atoms with Gasteiger partial charge in [-0.3, -0.25) is 4.79 Å². The Kier molecular flexibility index (Phi) is 4.11. The zero-order chi connectivity index (χ0) is 11.3. The van der Waals surface area contributed by atoms with Crippen LogP contribution in [0.1, 0.15) is 0 Å². The molecule has 6 heteroatoms. The molecule has 1 amide bonds. The lowest BCUT2D eigenvalue weighted by Gasteiger charge is -2.08. The highest BCUT2D eigenvalue weighted by atomic mass is 32.1. The normalized spacial score (nSPS) is 9.47. The van der Waals surface area contributed by atoms with Crippen molar-refractivity contribution in [1.29, 1.82) is 0 Å². The number of hydrogen-bond acceptors (Lipinski definition) is 2. The summed E-state index contributed by atoms with van der Waals surface area (Å²) in [5, 5.41) is 4.65. The Labute approximate surface area is 90.5 Å². The Hall–Kier alpha value is -1.56. The molecule has 3 nitrogen and oxygen atoms in total. The third-order valence-corrected chi connectivity index (χ3v) is 1.82. The number of halogens is 2. The van der Waals surface area contributed by atoms with Crippen molar-refractivity contribution in [1.82, 2.24) is 5.32 Å². The molecule has 0 bridgehead atoms. The summed E-state index contributed by atoms with van der Waals surface area (Å²) in [5.41, 5.74) is -0.310. The number of para-hydroxylation sites is 1. The second-order valence-corrected chi connectivity index (χ2v) is 3.14. The molecule has 0 atom stereocenters. The molecule has 0 unspecified atom stereocenters. The second kappa shape index (κ2) is 5.35. The molecule has 0 aromatic heterocycles. The third-order valence-electron chi connectivity index (χ3n) is 1.57. The maximum atomic E-state index is 13.1. The van der Waals surface area contributed by atoms with Crippen molar-refractivity contribution in [2.24, 2.45) is 0 Å². The number of rotatable bonds is 4. The average molecular weight is 230 g/mol. The van der Waals surface area contributed by atoms with Gasteiger partial charge in [0.1, 0.15) is 17.3 Å². The molecule has 0 saturated carbocycles. The summed E-state index contributed by atoms with van der Waals surface area (Å²) in [6.45, 7) is 0.0343. The lowest BCUT2D eigenvalue weighted by atomic mass is 10.3. The first kappa shape index (κ1) is 11.5. The van der Waals surface area contributed by atoms with Crippen molar-refractivity contribution < 1.29 is 13.6 Å². The van der Waals surface area contributed by atoms with Crippen molar-refractivity contribution in [3.05, 3.63) is 29.8 Å².